The Morgan fingerprint density at radius 1 is 1.12 bits per heavy atom. The molecule has 1 aliphatic heterocycles. The van der Waals surface area contributed by atoms with E-state index < -0.39 is 11.9 Å². The highest BCUT2D eigenvalue weighted by atomic mass is 32.1. The number of ether oxygens (including phenoxy) is 1. The molecule has 9 heteroatoms. The summed E-state index contributed by atoms with van der Waals surface area (Å²) in [5.41, 5.74) is 7.24. The van der Waals surface area contributed by atoms with Gasteiger partial charge in [0.05, 0.1) is 23.1 Å². The van der Waals surface area contributed by atoms with Crippen molar-refractivity contribution in [2.45, 2.75) is 26.9 Å². The van der Waals surface area contributed by atoms with Crippen LogP contribution in [0, 0.1) is 6.92 Å². The summed E-state index contributed by atoms with van der Waals surface area (Å²) in [6.07, 6.45) is 3.95. The number of nitrogens with one attached hydrogen (secondary N) is 1. The van der Waals surface area contributed by atoms with Crippen molar-refractivity contribution in [1.29, 1.82) is 0 Å². The van der Waals surface area contributed by atoms with Gasteiger partial charge in [0.25, 0.3) is 5.91 Å². The summed E-state index contributed by atoms with van der Waals surface area (Å²) in [7, 11) is 0. The van der Waals surface area contributed by atoms with Crippen molar-refractivity contribution < 1.29 is 19.1 Å². The van der Waals surface area contributed by atoms with Gasteiger partial charge in [-0.05, 0) is 31.9 Å². The molecule has 1 aliphatic rings. The lowest BCUT2D eigenvalue weighted by molar-refractivity contribution is -0.117. The van der Waals surface area contributed by atoms with Crippen LogP contribution >= 0.6 is 11.3 Å². The van der Waals surface area contributed by atoms with Crippen molar-refractivity contribution in [2.75, 3.05) is 44.6 Å². The fourth-order valence-electron chi connectivity index (χ4n) is 3.76. The number of amides is 2. The zero-order chi connectivity index (χ0) is 24.7. The molecule has 1 fully saturated rings. The molecule has 1 aromatic carbocycles. The lowest BCUT2D eigenvalue weighted by atomic mass is 10.1. The molecule has 182 valence electrons. The summed E-state index contributed by atoms with van der Waals surface area (Å²) in [5, 5.41) is 3.09. The Morgan fingerprint density at radius 3 is 2.38 bits per heavy atom. The van der Waals surface area contributed by atoms with E-state index in [1.165, 1.54) is 5.56 Å². The maximum absolute atomic E-state index is 12.7. The molecule has 3 N–H and O–H groups in total. The van der Waals surface area contributed by atoms with Gasteiger partial charge in [-0.2, -0.15) is 0 Å². The molecule has 2 amide bonds. The van der Waals surface area contributed by atoms with E-state index in [4.69, 9.17) is 10.5 Å². The normalized spacial score (nSPS) is 15.1. The summed E-state index contributed by atoms with van der Waals surface area (Å²) in [5.74, 6) is -1.46. The van der Waals surface area contributed by atoms with E-state index in [2.05, 4.69) is 39.4 Å². The van der Waals surface area contributed by atoms with E-state index in [1.54, 1.807) is 20.8 Å². The first-order valence-electron chi connectivity index (χ1n) is 11.3. The Hall–Kier alpha value is -3.01. The molecule has 2 heterocycles. The van der Waals surface area contributed by atoms with Gasteiger partial charge >= 0.3 is 5.97 Å². The van der Waals surface area contributed by atoms with Crippen molar-refractivity contribution in [1.82, 2.24) is 9.80 Å². The average Bonchev–Trinajstić information content (AvgIpc) is 3.11. The van der Waals surface area contributed by atoms with Gasteiger partial charge in [-0.3, -0.25) is 19.4 Å². The highest BCUT2D eigenvalue weighted by Gasteiger charge is 2.27. The molecule has 2 aromatic rings. The number of piperazine rings is 1. The van der Waals surface area contributed by atoms with Crippen LogP contribution in [0.25, 0.3) is 6.08 Å². The van der Waals surface area contributed by atoms with Gasteiger partial charge in [0.1, 0.15) is 5.00 Å². The SMILES string of the molecule is Cc1c(C(N)=O)sc(NC(=O)CN2CCN(C/C=C/c3ccccc3)CC2)c1C(=O)OC(C)C. The van der Waals surface area contributed by atoms with Gasteiger partial charge in [-0.15, -0.1) is 11.3 Å². The van der Waals surface area contributed by atoms with Crippen molar-refractivity contribution in [3.05, 3.63) is 58.0 Å². The van der Waals surface area contributed by atoms with Crippen LogP contribution in [-0.4, -0.2) is 73.0 Å². The van der Waals surface area contributed by atoms with Gasteiger partial charge in [-0.1, -0.05) is 42.5 Å². The monoisotopic (exact) mass is 484 g/mol. The second kappa shape index (κ2) is 11.9. The first-order chi connectivity index (χ1) is 16.2. The number of hydrogen-bond acceptors (Lipinski definition) is 7. The number of benzene rings is 1. The van der Waals surface area contributed by atoms with Crippen LogP contribution in [0.3, 0.4) is 0 Å². The summed E-state index contributed by atoms with van der Waals surface area (Å²) >= 11 is 1.01. The number of esters is 1. The average molecular weight is 485 g/mol. The summed E-state index contributed by atoms with van der Waals surface area (Å²) in [6, 6.07) is 10.2. The Labute approximate surface area is 204 Å². The van der Waals surface area contributed by atoms with Crippen LogP contribution < -0.4 is 11.1 Å². The maximum atomic E-state index is 12.7. The van der Waals surface area contributed by atoms with E-state index in [1.807, 2.05) is 18.2 Å². The number of hydrogen-bond donors (Lipinski definition) is 2. The Balaban J connectivity index is 1.54. The van der Waals surface area contributed by atoms with Gasteiger partial charge in [0, 0.05) is 32.7 Å². The zero-order valence-electron chi connectivity index (χ0n) is 19.9. The third kappa shape index (κ3) is 6.99. The van der Waals surface area contributed by atoms with Crippen molar-refractivity contribution in [3.8, 4) is 0 Å². The van der Waals surface area contributed by atoms with Crippen LogP contribution in [-0.2, 0) is 9.53 Å². The number of carbonyl (C=O) groups excluding carboxylic acids is 3. The van der Waals surface area contributed by atoms with E-state index >= 15 is 0 Å². The number of carbonyl (C=O) groups is 3. The molecule has 8 nitrogen and oxygen atoms in total. The molecule has 0 unspecified atom stereocenters. The fourth-order valence-corrected chi connectivity index (χ4v) is 4.82. The van der Waals surface area contributed by atoms with Gasteiger partial charge < -0.3 is 15.8 Å². The Morgan fingerprint density at radius 2 is 1.76 bits per heavy atom. The second-order valence-corrected chi connectivity index (χ2v) is 9.54. The molecule has 0 radical (unpaired) electrons. The maximum Gasteiger partial charge on any atom is 0.341 e. The molecule has 3 rings (SSSR count). The van der Waals surface area contributed by atoms with Gasteiger partial charge in [-0.25, -0.2) is 4.79 Å². The van der Waals surface area contributed by atoms with Crippen molar-refractivity contribution in [3.63, 3.8) is 0 Å². The number of primary amides is 1. The number of nitrogens with two attached hydrogens (primary N) is 1. The van der Waals surface area contributed by atoms with Crippen LogP contribution in [0.2, 0.25) is 0 Å². The van der Waals surface area contributed by atoms with Crippen molar-refractivity contribution in [2.24, 2.45) is 5.73 Å². The van der Waals surface area contributed by atoms with E-state index in [0.29, 0.717) is 10.6 Å². The smallest absolute Gasteiger partial charge is 0.341 e. The summed E-state index contributed by atoms with van der Waals surface area (Å²) in [6.45, 7) is 9.44. The van der Waals surface area contributed by atoms with Gasteiger partial charge in [0.2, 0.25) is 5.91 Å². The minimum absolute atomic E-state index is 0.191. The third-order valence-electron chi connectivity index (χ3n) is 5.48. The minimum Gasteiger partial charge on any atom is -0.459 e. The molecule has 34 heavy (non-hydrogen) atoms. The second-order valence-electron chi connectivity index (χ2n) is 8.52. The Kier molecular flexibility index (Phi) is 8.98. The molecular formula is C25H32N4O4S. The van der Waals surface area contributed by atoms with Gasteiger partial charge in [0.15, 0.2) is 0 Å². The highest BCUT2D eigenvalue weighted by Crippen LogP contribution is 2.33. The number of thiophene rings is 1. The lowest BCUT2D eigenvalue weighted by Gasteiger charge is -2.33. The number of rotatable bonds is 9. The molecule has 1 aromatic heterocycles. The third-order valence-corrected chi connectivity index (χ3v) is 6.70. The van der Waals surface area contributed by atoms with Crippen LogP contribution in [0.15, 0.2) is 36.4 Å². The molecule has 0 spiro atoms. The molecule has 0 atom stereocenters. The number of anilines is 1. The predicted molar refractivity (Wildman–Crippen MR) is 135 cm³/mol. The fraction of sp³-hybridized carbons (Fsp3) is 0.400. The van der Waals surface area contributed by atoms with Crippen molar-refractivity contribution >= 4 is 40.2 Å². The zero-order valence-corrected chi connectivity index (χ0v) is 20.7. The Bertz CT molecular complexity index is 1040. The highest BCUT2D eigenvalue weighted by molar-refractivity contribution is 7.18. The minimum atomic E-state index is -0.640. The summed E-state index contributed by atoms with van der Waals surface area (Å²) in [4.78, 5) is 41.7. The molecule has 0 bridgehead atoms. The first kappa shape index (κ1) is 25.6. The molecular weight excluding hydrogens is 452 g/mol. The lowest BCUT2D eigenvalue weighted by Crippen LogP contribution is -2.48. The van der Waals surface area contributed by atoms with Crippen LogP contribution in [0.1, 0.15) is 45.0 Å². The largest absolute Gasteiger partial charge is 0.459 e. The number of nitrogens with zero attached hydrogens (tertiary/aromatic N) is 2. The molecule has 0 saturated carbocycles. The van der Waals surface area contributed by atoms with E-state index in [0.717, 1.165) is 44.1 Å². The van der Waals surface area contributed by atoms with Crippen LogP contribution in [0.5, 0.6) is 0 Å². The standard InChI is InChI=1S/C25H32N4O4S/c1-17(2)33-25(32)21-18(3)22(23(26)31)34-24(21)27-20(30)16-29-14-12-28(13-15-29)11-7-10-19-8-5-4-6-9-19/h4-10,17H,11-16H2,1-3H3,(H2,26,31)(H,27,30)/b10-7+. The van der Waals surface area contributed by atoms with Crippen LogP contribution in [0.4, 0.5) is 5.00 Å². The quantitative estimate of drug-likeness (QED) is 0.530. The first-order valence-corrected chi connectivity index (χ1v) is 12.2. The van der Waals surface area contributed by atoms with E-state index in [9.17, 15) is 14.4 Å². The topological polar surface area (TPSA) is 105 Å². The molecule has 1 saturated heterocycles. The predicted octanol–water partition coefficient (Wildman–Crippen LogP) is 2.99. The molecule has 0 aliphatic carbocycles. The summed E-state index contributed by atoms with van der Waals surface area (Å²) < 4.78 is 5.30. The van der Waals surface area contributed by atoms with E-state index in [-0.39, 0.29) is 29.0 Å².